The monoisotopic (exact) mass is 334 g/mol. The van der Waals surface area contributed by atoms with Gasteiger partial charge in [0.15, 0.2) is 0 Å². The molecule has 1 aromatic carbocycles. The summed E-state index contributed by atoms with van der Waals surface area (Å²) in [6.07, 6.45) is 3.35. The van der Waals surface area contributed by atoms with Crippen LogP contribution in [0.2, 0.25) is 0 Å². The number of likely N-dealkylation sites (tertiary alicyclic amines) is 1. The molecule has 0 saturated carbocycles. The maximum Gasteiger partial charge on any atom is 0.434 e. The lowest BCUT2D eigenvalue weighted by atomic mass is 10.1. The Hall–Kier alpha value is -1.59. The Morgan fingerprint density at radius 3 is 2.42 bits per heavy atom. The van der Waals surface area contributed by atoms with E-state index in [1.54, 1.807) is 0 Å². The number of carbonyl (C=O) groups excluding carboxylic acids is 1. The smallest absolute Gasteiger partial charge is 0.434 e. The van der Waals surface area contributed by atoms with Crippen molar-refractivity contribution in [1.82, 2.24) is 9.96 Å². The molecule has 1 amide bonds. The van der Waals surface area contributed by atoms with Gasteiger partial charge in [0.05, 0.1) is 6.54 Å². The maximum atomic E-state index is 12.4. The first kappa shape index (κ1) is 18.7. The third kappa shape index (κ3) is 6.89. The van der Waals surface area contributed by atoms with Gasteiger partial charge in [0.1, 0.15) is 12.2 Å². The summed E-state index contributed by atoms with van der Waals surface area (Å²) in [4.78, 5) is 20.6. The zero-order valence-corrected chi connectivity index (χ0v) is 15.2. The van der Waals surface area contributed by atoms with Gasteiger partial charge >= 0.3 is 6.09 Å². The fourth-order valence-electron chi connectivity index (χ4n) is 2.66. The largest absolute Gasteiger partial charge is 0.442 e. The van der Waals surface area contributed by atoms with Crippen molar-refractivity contribution in [3.05, 3.63) is 35.9 Å². The molecule has 2 rings (SSSR count). The summed E-state index contributed by atoms with van der Waals surface area (Å²) in [5.74, 6) is 0. The van der Waals surface area contributed by atoms with E-state index in [2.05, 4.69) is 4.90 Å². The first-order valence-corrected chi connectivity index (χ1v) is 8.84. The van der Waals surface area contributed by atoms with Crippen LogP contribution in [0.15, 0.2) is 30.3 Å². The highest BCUT2D eigenvalue weighted by Crippen LogP contribution is 2.13. The number of piperidine rings is 1. The van der Waals surface area contributed by atoms with Crippen molar-refractivity contribution in [2.24, 2.45) is 0 Å². The molecule has 0 atom stereocenters. The zero-order valence-electron chi connectivity index (χ0n) is 15.2. The number of ether oxygens (including phenoxy) is 1. The van der Waals surface area contributed by atoms with Crippen molar-refractivity contribution >= 4 is 6.09 Å². The summed E-state index contributed by atoms with van der Waals surface area (Å²) in [7, 11) is 0. The molecule has 0 N–H and O–H groups in total. The van der Waals surface area contributed by atoms with Crippen molar-refractivity contribution in [2.75, 3.05) is 26.2 Å². The molecule has 0 spiro atoms. The van der Waals surface area contributed by atoms with Gasteiger partial charge in [-0.3, -0.25) is 4.84 Å². The van der Waals surface area contributed by atoms with E-state index in [1.807, 2.05) is 51.1 Å². The molecule has 1 fully saturated rings. The molecule has 1 aromatic rings. The second kappa shape index (κ2) is 9.04. The summed E-state index contributed by atoms with van der Waals surface area (Å²) in [5.41, 5.74) is 0.500. The standard InChI is InChI=1S/C19H30N2O3/c1-19(2,3)24-18(22)21(15-14-20-12-8-5-9-13-20)23-16-17-10-6-4-7-11-17/h4,6-7,10-11H,5,8-9,12-16H2,1-3H3. The molecule has 0 unspecified atom stereocenters. The highest BCUT2D eigenvalue weighted by molar-refractivity contribution is 5.66. The van der Waals surface area contributed by atoms with Crippen LogP contribution in [0.3, 0.4) is 0 Å². The van der Waals surface area contributed by atoms with E-state index in [0.717, 1.165) is 25.2 Å². The fourth-order valence-corrected chi connectivity index (χ4v) is 2.66. The van der Waals surface area contributed by atoms with E-state index in [4.69, 9.17) is 9.57 Å². The summed E-state index contributed by atoms with van der Waals surface area (Å²) in [5, 5.41) is 1.37. The summed E-state index contributed by atoms with van der Waals surface area (Å²) >= 11 is 0. The van der Waals surface area contributed by atoms with E-state index < -0.39 is 11.7 Å². The van der Waals surface area contributed by atoms with Gasteiger partial charge in [0.25, 0.3) is 0 Å². The van der Waals surface area contributed by atoms with Crippen LogP contribution in [-0.2, 0) is 16.2 Å². The van der Waals surface area contributed by atoms with Gasteiger partial charge in [-0.25, -0.2) is 4.79 Å². The molecule has 5 nitrogen and oxygen atoms in total. The van der Waals surface area contributed by atoms with Crippen LogP contribution >= 0.6 is 0 Å². The van der Waals surface area contributed by atoms with E-state index >= 15 is 0 Å². The number of nitrogens with zero attached hydrogens (tertiary/aromatic N) is 2. The predicted octanol–water partition coefficient (Wildman–Crippen LogP) is 3.84. The highest BCUT2D eigenvalue weighted by atomic mass is 16.7. The average Bonchev–Trinajstić information content (AvgIpc) is 2.55. The Bertz CT molecular complexity index is 493. The van der Waals surface area contributed by atoms with Crippen molar-refractivity contribution < 1.29 is 14.4 Å². The number of rotatable bonds is 6. The number of hydroxylamine groups is 2. The Balaban J connectivity index is 1.90. The topological polar surface area (TPSA) is 42.0 Å². The molecule has 134 valence electrons. The first-order chi connectivity index (χ1) is 11.4. The zero-order chi connectivity index (χ0) is 17.4. The molecule has 1 aliphatic rings. The first-order valence-electron chi connectivity index (χ1n) is 8.84. The van der Waals surface area contributed by atoms with Crippen molar-refractivity contribution in [3.8, 4) is 0 Å². The van der Waals surface area contributed by atoms with Crippen molar-refractivity contribution in [3.63, 3.8) is 0 Å². The molecular formula is C19H30N2O3. The molecule has 0 radical (unpaired) electrons. The quantitative estimate of drug-likeness (QED) is 0.741. The van der Waals surface area contributed by atoms with Gasteiger partial charge in [0.2, 0.25) is 0 Å². The van der Waals surface area contributed by atoms with Gasteiger partial charge in [-0.15, -0.1) is 0 Å². The molecule has 24 heavy (non-hydrogen) atoms. The van der Waals surface area contributed by atoms with Crippen LogP contribution in [0.4, 0.5) is 4.79 Å². The van der Waals surface area contributed by atoms with Gasteiger partial charge in [-0.2, -0.15) is 5.06 Å². The molecule has 0 bridgehead atoms. The average molecular weight is 334 g/mol. The van der Waals surface area contributed by atoms with Crippen LogP contribution in [-0.4, -0.2) is 47.8 Å². The number of amides is 1. The lowest BCUT2D eigenvalue weighted by Gasteiger charge is -2.30. The second-order valence-electron chi connectivity index (χ2n) is 7.24. The SMILES string of the molecule is CC(C)(C)OC(=O)N(CCN1CCCCC1)OCc1ccccc1. The van der Waals surface area contributed by atoms with Gasteiger partial charge in [-0.05, 0) is 52.3 Å². The Morgan fingerprint density at radius 2 is 1.79 bits per heavy atom. The van der Waals surface area contributed by atoms with Gasteiger partial charge in [0, 0.05) is 6.54 Å². The fraction of sp³-hybridized carbons (Fsp3) is 0.632. The number of carbonyl (C=O) groups is 1. The molecule has 1 aliphatic heterocycles. The Kier molecular flexibility index (Phi) is 7.06. The lowest BCUT2D eigenvalue weighted by molar-refractivity contribution is -0.158. The van der Waals surface area contributed by atoms with Crippen LogP contribution in [0, 0.1) is 0 Å². The van der Waals surface area contributed by atoms with Crippen LogP contribution in [0.5, 0.6) is 0 Å². The van der Waals surface area contributed by atoms with Gasteiger partial charge < -0.3 is 9.64 Å². The summed E-state index contributed by atoms with van der Waals surface area (Å²) in [6.45, 7) is 9.48. The summed E-state index contributed by atoms with van der Waals surface area (Å²) in [6, 6.07) is 9.86. The highest BCUT2D eigenvalue weighted by Gasteiger charge is 2.24. The molecule has 0 aromatic heterocycles. The summed E-state index contributed by atoms with van der Waals surface area (Å²) < 4.78 is 5.47. The third-order valence-electron chi connectivity index (χ3n) is 3.90. The van der Waals surface area contributed by atoms with Crippen LogP contribution in [0.1, 0.15) is 45.6 Å². The number of hydrogen-bond acceptors (Lipinski definition) is 4. The van der Waals surface area contributed by atoms with Crippen LogP contribution in [0.25, 0.3) is 0 Å². The lowest BCUT2D eigenvalue weighted by Crippen LogP contribution is -2.42. The van der Waals surface area contributed by atoms with E-state index in [-0.39, 0.29) is 0 Å². The minimum atomic E-state index is -0.531. The maximum absolute atomic E-state index is 12.4. The van der Waals surface area contributed by atoms with Gasteiger partial charge in [-0.1, -0.05) is 36.8 Å². The second-order valence-corrected chi connectivity index (χ2v) is 7.24. The van der Waals surface area contributed by atoms with Crippen molar-refractivity contribution in [2.45, 2.75) is 52.2 Å². The minimum Gasteiger partial charge on any atom is -0.442 e. The van der Waals surface area contributed by atoms with Crippen molar-refractivity contribution in [1.29, 1.82) is 0 Å². The Labute approximate surface area is 145 Å². The molecule has 0 aliphatic carbocycles. The van der Waals surface area contributed by atoms with E-state index in [9.17, 15) is 4.79 Å². The molecule has 1 heterocycles. The molecule has 5 heteroatoms. The third-order valence-corrected chi connectivity index (χ3v) is 3.90. The number of benzene rings is 1. The number of hydrogen-bond donors (Lipinski definition) is 0. The van der Waals surface area contributed by atoms with E-state index in [0.29, 0.717) is 13.2 Å². The normalized spacial score (nSPS) is 16.0. The van der Waals surface area contributed by atoms with Crippen LogP contribution < -0.4 is 0 Å². The van der Waals surface area contributed by atoms with E-state index in [1.165, 1.54) is 24.3 Å². The molecule has 1 saturated heterocycles. The predicted molar refractivity (Wildman–Crippen MR) is 94.5 cm³/mol. The molecular weight excluding hydrogens is 304 g/mol. The Morgan fingerprint density at radius 1 is 1.12 bits per heavy atom. The minimum absolute atomic E-state index is 0.361.